The van der Waals surface area contributed by atoms with Crippen LogP contribution in [0.15, 0.2) is 45.3 Å². The summed E-state index contributed by atoms with van der Waals surface area (Å²) in [5.74, 6) is -1.22. The number of thiophene rings is 1. The number of allylic oxidation sites excluding steroid dienone is 2. The zero-order chi connectivity index (χ0) is 27.6. The van der Waals surface area contributed by atoms with Crippen molar-refractivity contribution >= 4 is 29.3 Å². The fraction of sp³-hybridized carbons (Fsp3) is 0.423. The van der Waals surface area contributed by atoms with Gasteiger partial charge in [-0.1, -0.05) is 19.4 Å². The quantitative estimate of drug-likeness (QED) is 0.142. The molecule has 2 rings (SSSR count). The molecule has 7 nitrogen and oxygen atoms in total. The summed E-state index contributed by atoms with van der Waals surface area (Å²) >= 11 is 1.41. The molecule has 1 atom stereocenters. The fourth-order valence-electron chi connectivity index (χ4n) is 3.54. The lowest BCUT2D eigenvalue weighted by atomic mass is 10.00. The van der Waals surface area contributed by atoms with Crippen LogP contribution in [0.5, 0.6) is 5.75 Å². The van der Waals surface area contributed by atoms with E-state index in [1.165, 1.54) is 30.5 Å². The molecule has 2 aromatic heterocycles. The first kappa shape index (κ1) is 29.9. The minimum atomic E-state index is -4.13. The molecule has 37 heavy (non-hydrogen) atoms. The van der Waals surface area contributed by atoms with Crippen molar-refractivity contribution in [1.82, 2.24) is 5.32 Å². The van der Waals surface area contributed by atoms with Gasteiger partial charge in [0.1, 0.15) is 17.1 Å². The third kappa shape index (κ3) is 10.3. The number of unbranched alkanes of at least 4 members (excludes halogenated alkanes) is 2. The molecule has 11 heteroatoms. The van der Waals surface area contributed by atoms with E-state index in [4.69, 9.17) is 9.52 Å². The van der Waals surface area contributed by atoms with Gasteiger partial charge in [-0.05, 0) is 62.8 Å². The van der Waals surface area contributed by atoms with Crippen molar-refractivity contribution in [2.75, 3.05) is 0 Å². The molecular formula is C26H30F3NO6S. The molecule has 0 fully saturated rings. The maximum atomic E-state index is 12.9. The van der Waals surface area contributed by atoms with Crippen LogP contribution in [0.4, 0.5) is 18.0 Å². The number of ketones is 1. The summed E-state index contributed by atoms with van der Waals surface area (Å²) in [6.45, 7) is 3.29. The Morgan fingerprint density at radius 2 is 1.95 bits per heavy atom. The SMILES string of the molecule is CC(=Cc1ccc(CCCCCC(F)(F)F)s1)C(=O)c1c(O)cc(C(C)CC/C=C/NC(=O)O)oc1=O. The molecule has 202 valence electrons. The number of carboxylic acid groups (broad SMARTS) is 1. The normalized spacial score (nSPS) is 13.2. The van der Waals surface area contributed by atoms with Gasteiger partial charge in [-0.2, -0.15) is 13.2 Å². The molecule has 0 radical (unpaired) electrons. The third-order valence-corrected chi connectivity index (χ3v) is 6.63. The Hall–Kier alpha value is -3.34. The fourth-order valence-corrected chi connectivity index (χ4v) is 4.59. The molecule has 0 aliphatic rings. The van der Waals surface area contributed by atoms with E-state index in [2.05, 4.69) is 5.32 Å². The highest BCUT2D eigenvalue weighted by atomic mass is 32.1. The van der Waals surface area contributed by atoms with Gasteiger partial charge in [-0.15, -0.1) is 11.3 Å². The summed E-state index contributed by atoms with van der Waals surface area (Å²) in [4.78, 5) is 37.5. The molecule has 2 heterocycles. The lowest BCUT2D eigenvalue weighted by Crippen LogP contribution is -2.16. The second-order valence-corrected chi connectivity index (χ2v) is 9.86. The molecule has 0 saturated heterocycles. The highest BCUT2D eigenvalue weighted by molar-refractivity contribution is 7.12. The van der Waals surface area contributed by atoms with E-state index in [0.717, 1.165) is 9.75 Å². The second kappa shape index (κ2) is 13.8. The Kier molecular flexibility index (Phi) is 11.2. The Balaban J connectivity index is 2.00. The Labute approximate surface area is 216 Å². The van der Waals surface area contributed by atoms with Gasteiger partial charge in [0.25, 0.3) is 0 Å². The van der Waals surface area contributed by atoms with Crippen LogP contribution in [-0.4, -0.2) is 28.3 Å². The smallest absolute Gasteiger partial charge is 0.408 e. The van der Waals surface area contributed by atoms with E-state index >= 15 is 0 Å². The topological polar surface area (TPSA) is 117 Å². The molecule has 0 spiro atoms. The third-order valence-electron chi connectivity index (χ3n) is 5.54. The number of nitrogens with one attached hydrogen (secondary N) is 1. The zero-order valence-corrected chi connectivity index (χ0v) is 21.4. The van der Waals surface area contributed by atoms with Crippen molar-refractivity contribution in [2.45, 2.75) is 70.9 Å². The standard InChI is InChI=1S/C26H30F3NO6S/c1-16(8-5-7-13-30-25(34)35)21-15-20(31)22(24(33)36-21)23(32)17(2)14-19-11-10-18(37-19)9-4-3-6-12-26(27,28)29/h7,10-11,13-16,30-31H,3-6,8-9,12H2,1-2H3,(H,34,35)/b13-7+,17-14?. The van der Waals surface area contributed by atoms with Gasteiger partial charge in [-0.25, -0.2) is 9.59 Å². The lowest BCUT2D eigenvalue weighted by molar-refractivity contribution is -0.135. The van der Waals surface area contributed by atoms with Gasteiger partial charge in [0.05, 0.1) is 0 Å². The number of Topliss-reactive ketones (excluding diaryl/α,β-unsaturated/α-hetero) is 1. The number of rotatable bonds is 13. The van der Waals surface area contributed by atoms with Crippen LogP contribution in [0, 0.1) is 0 Å². The monoisotopic (exact) mass is 541 g/mol. The lowest BCUT2D eigenvalue weighted by Gasteiger charge is -2.11. The van der Waals surface area contributed by atoms with Crippen molar-refractivity contribution in [2.24, 2.45) is 0 Å². The first-order valence-corrected chi connectivity index (χ1v) is 12.6. The molecule has 0 bridgehead atoms. The van der Waals surface area contributed by atoms with E-state index < -0.39 is 41.4 Å². The van der Waals surface area contributed by atoms with E-state index in [1.807, 2.05) is 6.07 Å². The van der Waals surface area contributed by atoms with Crippen LogP contribution in [0.3, 0.4) is 0 Å². The summed E-state index contributed by atoms with van der Waals surface area (Å²) in [6.07, 6.45) is 1.24. The van der Waals surface area contributed by atoms with Crippen molar-refractivity contribution in [3.8, 4) is 5.75 Å². The molecule has 0 aliphatic carbocycles. The summed E-state index contributed by atoms with van der Waals surface area (Å²) < 4.78 is 42.0. The van der Waals surface area contributed by atoms with Crippen molar-refractivity contribution < 1.29 is 37.4 Å². The van der Waals surface area contributed by atoms with Crippen LogP contribution >= 0.6 is 11.3 Å². The average molecular weight is 542 g/mol. The second-order valence-electron chi connectivity index (χ2n) is 8.66. The summed E-state index contributed by atoms with van der Waals surface area (Å²) in [5.41, 5.74) is -1.19. The zero-order valence-electron chi connectivity index (χ0n) is 20.6. The van der Waals surface area contributed by atoms with E-state index in [-0.39, 0.29) is 23.7 Å². The number of hydrogen-bond acceptors (Lipinski definition) is 6. The average Bonchev–Trinajstić information content (AvgIpc) is 3.23. The van der Waals surface area contributed by atoms with E-state index in [9.17, 15) is 32.7 Å². The molecule has 0 aliphatic heterocycles. The predicted molar refractivity (Wildman–Crippen MR) is 135 cm³/mol. The molecule has 0 saturated carbocycles. The van der Waals surface area contributed by atoms with Gasteiger partial charge < -0.3 is 14.6 Å². The first-order valence-electron chi connectivity index (χ1n) is 11.8. The number of halogens is 3. The highest BCUT2D eigenvalue weighted by Crippen LogP contribution is 2.28. The molecular weight excluding hydrogens is 511 g/mol. The molecule has 0 aromatic carbocycles. The van der Waals surface area contributed by atoms with Gasteiger partial charge in [0.2, 0.25) is 0 Å². The summed E-state index contributed by atoms with van der Waals surface area (Å²) in [6, 6.07) is 4.89. The van der Waals surface area contributed by atoms with E-state index in [1.54, 1.807) is 25.1 Å². The Morgan fingerprint density at radius 3 is 2.59 bits per heavy atom. The summed E-state index contributed by atoms with van der Waals surface area (Å²) in [7, 11) is 0. The number of aromatic hydroxyl groups is 1. The predicted octanol–water partition coefficient (Wildman–Crippen LogP) is 7.02. The van der Waals surface area contributed by atoms with Crippen LogP contribution < -0.4 is 10.9 Å². The number of alkyl halides is 3. The Bertz CT molecular complexity index is 1200. The van der Waals surface area contributed by atoms with Crippen molar-refractivity contribution in [3.63, 3.8) is 0 Å². The minimum Gasteiger partial charge on any atom is -0.507 e. The molecule has 3 N–H and O–H groups in total. The number of aryl methyl sites for hydroxylation is 1. The minimum absolute atomic E-state index is 0.0974. The van der Waals surface area contributed by atoms with Crippen LogP contribution in [0.1, 0.15) is 84.2 Å². The molecule has 1 unspecified atom stereocenters. The van der Waals surface area contributed by atoms with Gasteiger partial charge >= 0.3 is 17.9 Å². The van der Waals surface area contributed by atoms with Crippen molar-refractivity contribution in [3.05, 3.63) is 67.5 Å². The largest absolute Gasteiger partial charge is 0.507 e. The van der Waals surface area contributed by atoms with Crippen LogP contribution in [-0.2, 0) is 6.42 Å². The summed E-state index contributed by atoms with van der Waals surface area (Å²) in [5, 5.41) is 21.0. The highest BCUT2D eigenvalue weighted by Gasteiger charge is 2.26. The maximum absolute atomic E-state index is 12.9. The Morgan fingerprint density at radius 1 is 1.22 bits per heavy atom. The van der Waals surface area contributed by atoms with Gasteiger partial charge in [0, 0.05) is 34.4 Å². The molecule has 2 aromatic rings. The number of carbonyl (C=O) groups excluding carboxylic acids is 1. The van der Waals surface area contributed by atoms with Crippen LogP contribution in [0.2, 0.25) is 0 Å². The van der Waals surface area contributed by atoms with Gasteiger partial charge in [-0.3, -0.25) is 10.1 Å². The maximum Gasteiger partial charge on any atom is 0.408 e. The van der Waals surface area contributed by atoms with E-state index in [0.29, 0.717) is 32.1 Å². The van der Waals surface area contributed by atoms with Gasteiger partial charge in [0.15, 0.2) is 5.78 Å². The number of amides is 1. The number of hydrogen-bond donors (Lipinski definition) is 3. The number of carbonyl (C=O) groups is 2. The van der Waals surface area contributed by atoms with Crippen molar-refractivity contribution in [1.29, 1.82) is 0 Å². The van der Waals surface area contributed by atoms with Crippen LogP contribution in [0.25, 0.3) is 6.08 Å². The first-order chi connectivity index (χ1) is 17.4. The molecule has 1 amide bonds.